The minimum atomic E-state index is -0.134. The number of rotatable bonds is 2. The molecular weight excluding hydrogens is 147 g/mol. The van der Waals surface area contributed by atoms with Gasteiger partial charge in [-0.1, -0.05) is 6.42 Å². The molecule has 0 spiro atoms. The van der Waals surface area contributed by atoms with E-state index in [1.54, 1.807) is 0 Å². The van der Waals surface area contributed by atoms with Gasteiger partial charge in [-0.25, -0.2) is 0 Å². The molecule has 0 atom stereocenters. The molecule has 0 unspecified atom stereocenters. The molecule has 0 amide bonds. The molecule has 8 heavy (non-hydrogen) atoms. The number of carbonyl (C=O) groups is 1. The first-order chi connectivity index (χ1) is 3.77. The molecule has 0 fully saturated rings. The van der Waals surface area contributed by atoms with Gasteiger partial charge in [-0.15, -0.1) is 0 Å². The predicted molar refractivity (Wildman–Crippen MR) is 21.7 cm³/mol. The van der Waals surface area contributed by atoms with E-state index in [4.69, 9.17) is 3.67 Å². The first-order valence-corrected chi connectivity index (χ1v) is 2.37. The van der Waals surface area contributed by atoms with Gasteiger partial charge in [0.25, 0.3) is 0 Å². The number of hydrogen-bond donors (Lipinski definition) is 0. The van der Waals surface area contributed by atoms with Gasteiger partial charge in [0.1, 0.15) is 5.78 Å². The Morgan fingerprint density at radius 2 is 2.00 bits per heavy atom. The van der Waals surface area contributed by atoms with Crippen LogP contribution in [0.25, 0.3) is 0 Å². The molecule has 0 aromatic heterocycles. The Labute approximate surface area is 56.7 Å². The average Bonchev–Trinajstić information content (AvgIpc) is 1.72. The molecular formula is C4H5O3V-. The molecule has 0 aromatic carbocycles. The van der Waals surface area contributed by atoms with Crippen LogP contribution >= 0.6 is 0 Å². The van der Waals surface area contributed by atoms with E-state index in [0.29, 0.717) is 0 Å². The molecule has 0 aliphatic rings. The van der Waals surface area contributed by atoms with Gasteiger partial charge in [0.2, 0.25) is 0 Å². The summed E-state index contributed by atoms with van der Waals surface area (Å²) < 4.78 is 8.19. The summed E-state index contributed by atoms with van der Waals surface area (Å²) in [6, 6.07) is 0. The second-order valence-corrected chi connectivity index (χ2v) is 1.02. The molecule has 0 rings (SSSR count). The van der Waals surface area contributed by atoms with Gasteiger partial charge >= 0.3 is 21.0 Å². The molecule has 3 nitrogen and oxygen atoms in total. The normalized spacial score (nSPS) is 6.00. The van der Waals surface area contributed by atoms with Crippen LogP contribution in [-0.4, -0.2) is 12.1 Å². The molecule has 0 N–H and O–H groups in total. The van der Waals surface area contributed by atoms with Crippen LogP contribution in [-0.2, 0) is 30.6 Å². The monoisotopic (exact) mass is 152 g/mol. The first kappa shape index (κ1) is 10.7. The Balaban J connectivity index is 0. The third kappa shape index (κ3) is 17.2. The maximum atomic E-state index is 9.78. The summed E-state index contributed by atoms with van der Waals surface area (Å²) in [5.41, 5.74) is 0. The topological polar surface area (TPSA) is 51.2 Å². The van der Waals surface area contributed by atoms with Crippen LogP contribution in [0.1, 0.15) is 13.3 Å². The van der Waals surface area contributed by atoms with Crippen molar-refractivity contribution in [2.45, 2.75) is 13.3 Å². The zero-order valence-corrected chi connectivity index (χ0v) is 5.78. The predicted octanol–water partition coefficient (Wildman–Crippen LogP) is -0.0461. The van der Waals surface area contributed by atoms with Crippen LogP contribution in [0.15, 0.2) is 0 Å². The summed E-state index contributed by atoms with van der Waals surface area (Å²) in [5, 5.41) is 0. The molecule has 4 heteroatoms. The summed E-state index contributed by atoms with van der Waals surface area (Å²) >= 11 is 1.06. The summed E-state index contributed by atoms with van der Waals surface area (Å²) in [7, 11) is 0. The number of Topliss-reactive ketones (excluding diaryl/α,β-unsaturated/α-hetero) is 1. The van der Waals surface area contributed by atoms with Gasteiger partial charge in [-0.2, -0.15) is 0 Å². The van der Waals surface area contributed by atoms with Crippen molar-refractivity contribution >= 4 is 12.1 Å². The van der Waals surface area contributed by atoms with Gasteiger partial charge in [-0.05, 0) is 6.92 Å². The van der Waals surface area contributed by atoms with Crippen LogP contribution in [0, 0.1) is 0 Å². The molecule has 0 saturated heterocycles. The molecule has 0 heterocycles. The number of carbonyl (C=O) groups excluding carboxylic acids is 2. The fraction of sp³-hybridized carbons (Fsp3) is 0.500. The Hall–Kier alpha value is -0.276. The zero-order valence-electron chi connectivity index (χ0n) is 4.38. The summed E-state index contributed by atoms with van der Waals surface area (Å²) in [4.78, 5) is 19.1. The van der Waals surface area contributed by atoms with Gasteiger partial charge in [0.05, 0.1) is 0 Å². The second-order valence-electron chi connectivity index (χ2n) is 1.02. The van der Waals surface area contributed by atoms with Crippen molar-refractivity contribution in [3.63, 3.8) is 0 Å². The maximum absolute atomic E-state index is 9.78. The fourth-order valence-electron chi connectivity index (χ4n) is 0.102. The first-order valence-electron chi connectivity index (χ1n) is 1.80. The summed E-state index contributed by atoms with van der Waals surface area (Å²) in [6.07, 6.45) is 1.40. The molecule has 45 valence electrons. The van der Waals surface area contributed by atoms with Crippen molar-refractivity contribution in [3.05, 3.63) is 0 Å². The third-order valence-electron chi connectivity index (χ3n) is 0.321. The number of hydrogen-bond acceptors (Lipinski definition) is 3. The van der Waals surface area contributed by atoms with E-state index in [-0.39, 0.29) is 12.2 Å². The Bertz CT molecular complexity index is 81.4. The second kappa shape index (κ2) is 9.87. The molecule has 0 radical (unpaired) electrons. The van der Waals surface area contributed by atoms with E-state index in [1.165, 1.54) is 13.2 Å². The van der Waals surface area contributed by atoms with Crippen molar-refractivity contribution in [1.82, 2.24) is 0 Å². The molecule has 0 aliphatic carbocycles. The molecule has 0 bridgehead atoms. The third-order valence-corrected chi connectivity index (χ3v) is 0.321. The standard InChI is InChI=1S/C4H5O2.O.V/c1-4(6)2-3-5;;/h2H2,1H3;;/q-1;;. The van der Waals surface area contributed by atoms with E-state index in [9.17, 15) is 9.59 Å². The van der Waals surface area contributed by atoms with Gasteiger partial charge in [0.15, 0.2) is 0 Å². The quantitative estimate of drug-likeness (QED) is 0.411. The molecule has 0 aromatic rings. The Morgan fingerprint density at radius 1 is 1.62 bits per heavy atom. The average molecular weight is 152 g/mol. The van der Waals surface area contributed by atoms with Crippen molar-refractivity contribution < 1.29 is 30.6 Å². The van der Waals surface area contributed by atoms with Gasteiger partial charge < -0.3 is 9.59 Å². The van der Waals surface area contributed by atoms with Crippen LogP contribution in [0.4, 0.5) is 0 Å². The van der Waals surface area contributed by atoms with Crippen LogP contribution in [0.3, 0.4) is 0 Å². The van der Waals surface area contributed by atoms with E-state index in [2.05, 4.69) is 0 Å². The zero-order chi connectivity index (χ0) is 6.99. The van der Waals surface area contributed by atoms with Crippen molar-refractivity contribution in [1.29, 1.82) is 0 Å². The minimum absolute atomic E-state index is 0.0694. The van der Waals surface area contributed by atoms with E-state index < -0.39 is 0 Å². The SMILES string of the molecule is CC(=O)C[C-]=O.[O]=[V]. The number of ketones is 1. The van der Waals surface area contributed by atoms with Gasteiger partial charge in [0, 0.05) is 0 Å². The summed E-state index contributed by atoms with van der Waals surface area (Å²) in [5.74, 6) is -0.134. The van der Waals surface area contributed by atoms with Gasteiger partial charge in [-0.3, -0.25) is 6.29 Å². The Morgan fingerprint density at radius 3 is 2.00 bits per heavy atom. The van der Waals surface area contributed by atoms with Crippen LogP contribution in [0.5, 0.6) is 0 Å². The van der Waals surface area contributed by atoms with E-state index >= 15 is 0 Å². The van der Waals surface area contributed by atoms with Crippen molar-refractivity contribution in [2.75, 3.05) is 0 Å². The molecule has 0 saturated carbocycles. The Kier molecular flexibility index (Phi) is 13.2. The van der Waals surface area contributed by atoms with Crippen molar-refractivity contribution in [3.8, 4) is 0 Å². The van der Waals surface area contributed by atoms with Crippen molar-refractivity contribution in [2.24, 2.45) is 0 Å². The van der Waals surface area contributed by atoms with E-state index in [0.717, 1.165) is 17.4 Å². The summed E-state index contributed by atoms with van der Waals surface area (Å²) in [6.45, 7) is 1.35. The van der Waals surface area contributed by atoms with Crippen LogP contribution < -0.4 is 0 Å². The van der Waals surface area contributed by atoms with Crippen LogP contribution in [0.2, 0.25) is 0 Å². The fourth-order valence-corrected chi connectivity index (χ4v) is 0.102. The molecule has 0 aliphatic heterocycles. The van der Waals surface area contributed by atoms with E-state index in [1.807, 2.05) is 0 Å².